The molecule has 2 heterocycles. The number of aliphatic hydroxyl groups is 1. The summed E-state index contributed by atoms with van der Waals surface area (Å²) in [5, 5.41) is 13.4. The van der Waals surface area contributed by atoms with E-state index in [-0.39, 0.29) is 35.3 Å². The van der Waals surface area contributed by atoms with Gasteiger partial charge in [0.05, 0.1) is 29.6 Å². The minimum atomic E-state index is -1.91. The number of ether oxygens (including phenoxy) is 2. The molecule has 176 valence electrons. The molecule has 2 aliphatic carbocycles. The first-order chi connectivity index (χ1) is 15.4. The Hall–Kier alpha value is -2.02. The van der Waals surface area contributed by atoms with Crippen molar-refractivity contribution in [2.45, 2.75) is 63.5 Å². The second kappa shape index (κ2) is 7.49. The minimum Gasteiger partial charge on any atom is -0.461 e. The van der Waals surface area contributed by atoms with Gasteiger partial charge in [0.1, 0.15) is 14.2 Å². The number of esters is 1. The molecular weight excluding hydrogens is 432 g/mol. The highest BCUT2D eigenvalue weighted by Crippen LogP contribution is 2.56. The van der Waals surface area contributed by atoms with E-state index >= 15 is 0 Å². The largest absolute Gasteiger partial charge is 0.461 e. The maximum absolute atomic E-state index is 13.1. The molecule has 0 aromatic heterocycles. The Balaban J connectivity index is 1.41. The van der Waals surface area contributed by atoms with Crippen molar-refractivity contribution in [1.82, 2.24) is 0 Å². The second-order valence-electron chi connectivity index (χ2n) is 11.5. The molecule has 1 aromatic carbocycles. The third kappa shape index (κ3) is 3.67. The Labute approximate surface area is 196 Å². The van der Waals surface area contributed by atoms with Crippen LogP contribution in [-0.4, -0.2) is 48.8 Å². The third-order valence-corrected chi connectivity index (χ3v) is 12.6. The molecule has 1 unspecified atom stereocenters. The number of hydrogen-bond donors (Lipinski definition) is 1. The number of epoxide rings is 1. The summed E-state index contributed by atoms with van der Waals surface area (Å²) in [6.45, 7) is 13.7. The van der Waals surface area contributed by atoms with Gasteiger partial charge < -0.3 is 14.6 Å². The summed E-state index contributed by atoms with van der Waals surface area (Å²) in [7, 11) is -1.91. The second-order valence-corrected chi connectivity index (χ2v) is 16.0. The number of carbonyl (C=O) groups is 2. The van der Waals surface area contributed by atoms with Gasteiger partial charge in [0.15, 0.2) is 5.78 Å². The van der Waals surface area contributed by atoms with Crippen molar-refractivity contribution in [2.75, 3.05) is 6.61 Å². The molecule has 2 saturated heterocycles. The predicted molar refractivity (Wildman–Crippen MR) is 128 cm³/mol. The molecule has 2 aliphatic heterocycles. The van der Waals surface area contributed by atoms with E-state index in [1.54, 1.807) is 13.0 Å². The fraction of sp³-hybridized carbons (Fsp3) is 0.556. The van der Waals surface area contributed by atoms with Gasteiger partial charge in [0.25, 0.3) is 0 Å². The topological polar surface area (TPSA) is 76.1 Å². The fourth-order valence-electron chi connectivity index (χ4n) is 6.40. The van der Waals surface area contributed by atoms with Gasteiger partial charge in [-0.3, -0.25) is 9.59 Å². The van der Waals surface area contributed by atoms with E-state index < -0.39 is 25.5 Å². The first kappa shape index (κ1) is 22.8. The zero-order valence-corrected chi connectivity index (χ0v) is 21.0. The van der Waals surface area contributed by atoms with Gasteiger partial charge in [-0.15, -0.1) is 6.58 Å². The molecule has 1 N–H and O–H groups in total. The Bertz CT molecular complexity index is 1040. The summed E-state index contributed by atoms with van der Waals surface area (Å²) in [4.78, 5) is 25.9. The van der Waals surface area contributed by atoms with Crippen LogP contribution in [0.2, 0.25) is 13.1 Å². The van der Waals surface area contributed by atoms with Crippen LogP contribution in [0.3, 0.4) is 0 Å². The lowest BCUT2D eigenvalue weighted by atomic mass is 9.68. The summed E-state index contributed by atoms with van der Waals surface area (Å²) in [5.41, 5.74) is -0.550. The van der Waals surface area contributed by atoms with Crippen molar-refractivity contribution in [3.63, 3.8) is 0 Å². The number of rotatable bonds is 7. The fourth-order valence-corrected chi connectivity index (χ4v) is 8.59. The van der Waals surface area contributed by atoms with Gasteiger partial charge in [0.2, 0.25) is 0 Å². The Morgan fingerprint density at radius 1 is 1.24 bits per heavy atom. The van der Waals surface area contributed by atoms with Gasteiger partial charge >= 0.3 is 5.97 Å². The SMILES string of the molecule is C=C(C[C@@H](CC1=CC(=O)[C@H]2[C@H]3[C@@H]1C(=O)O[C@H]3C[C@@]2(C)O)C1(C)CO1)[Si](C)(C)c1ccccc1. The maximum Gasteiger partial charge on any atom is 0.313 e. The molecule has 4 aliphatic rings. The standard InChI is InChI=1S/C27H34O5Si/c1-16(33(4,5)19-9-7-6-8-10-19)11-18(27(3)15-31-27)12-17-13-20(28)24-23-21(14-26(24,2)30)32-25(29)22(17)23/h6-10,13,18,21-24,30H,1,11-12,14-15H2,2-5H3/t18-,21-,22+,23+,24-,26+,27?/m0/s1. The molecule has 5 nitrogen and oxygen atoms in total. The van der Waals surface area contributed by atoms with E-state index in [2.05, 4.69) is 50.9 Å². The molecule has 0 bridgehead atoms. The van der Waals surface area contributed by atoms with Gasteiger partial charge in [-0.25, -0.2) is 0 Å². The van der Waals surface area contributed by atoms with Crippen LogP contribution in [0.5, 0.6) is 0 Å². The Kier molecular flexibility index (Phi) is 5.16. The van der Waals surface area contributed by atoms with Crippen LogP contribution in [0.15, 0.2) is 53.8 Å². The molecule has 3 fully saturated rings. The van der Waals surface area contributed by atoms with Crippen LogP contribution in [-0.2, 0) is 19.1 Å². The average molecular weight is 467 g/mol. The molecule has 1 saturated carbocycles. The molecule has 5 rings (SSSR count). The molecule has 6 heteroatoms. The number of benzene rings is 1. The van der Waals surface area contributed by atoms with Gasteiger partial charge in [0, 0.05) is 12.3 Å². The zero-order chi connectivity index (χ0) is 23.8. The highest BCUT2D eigenvalue weighted by molar-refractivity contribution is 6.95. The number of ketones is 1. The molecule has 0 spiro atoms. The summed E-state index contributed by atoms with van der Waals surface area (Å²) < 4.78 is 11.5. The van der Waals surface area contributed by atoms with E-state index in [1.807, 2.05) is 6.07 Å². The number of carbonyl (C=O) groups excluding carboxylic acids is 2. The normalized spacial score (nSPS) is 37.9. The van der Waals surface area contributed by atoms with Crippen molar-refractivity contribution < 1.29 is 24.2 Å². The predicted octanol–water partition coefficient (Wildman–Crippen LogP) is 3.32. The zero-order valence-electron chi connectivity index (χ0n) is 20.0. The van der Waals surface area contributed by atoms with Crippen molar-refractivity contribution in [2.24, 2.45) is 23.7 Å². The minimum absolute atomic E-state index is 0.0736. The van der Waals surface area contributed by atoms with Crippen LogP contribution in [0.25, 0.3) is 0 Å². The smallest absolute Gasteiger partial charge is 0.313 e. The van der Waals surface area contributed by atoms with Crippen LogP contribution in [0.1, 0.15) is 33.1 Å². The molecule has 33 heavy (non-hydrogen) atoms. The molecule has 7 atom stereocenters. The lowest BCUT2D eigenvalue weighted by Gasteiger charge is -2.35. The Morgan fingerprint density at radius 3 is 2.55 bits per heavy atom. The summed E-state index contributed by atoms with van der Waals surface area (Å²) in [6.07, 6.45) is 3.00. The first-order valence-corrected chi connectivity index (χ1v) is 15.0. The quantitative estimate of drug-likeness (QED) is 0.379. The average Bonchev–Trinajstić information content (AvgIpc) is 3.34. The van der Waals surface area contributed by atoms with Gasteiger partial charge in [-0.05, 0) is 38.7 Å². The Morgan fingerprint density at radius 2 is 1.91 bits per heavy atom. The van der Waals surface area contributed by atoms with Gasteiger partial charge in [-0.1, -0.05) is 59.4 Å². The van der Waals surface area contributed by atoms with Crippen molar-refractivity contribution in [3.05, 3.63) is 53.8 Å². The van der Waals surface area contributed by atoms with Crippen LogP contribution in [0, 0.1) is 23.7 Å². The maximum atomic E-state index is 13.1. The third-order valence-electron chi connectivity index (χ3n) is 8.86. The van der Waals surface area contributed by atoms with Crippen molar-refractivity contribution in [3.8, 4) is 0 Å². The summed E-state index contributed by atoms with van der Waals surface area (Å²) >= 11 is 0. The van der Waals surface area contributed by atoms with Crippen LogP contribution >= 0.6 is 0 Å². The first-order valence-electron chi connectivity index (χ1n) is 12.0. The van der Waals surface area contributed by atoms with E-state index in [4.69, 9.17) is 9.47 Å². The van der Waals surface area contributed by atoms with E-state index in [9.17, 15) is 14.7 Å². The lowest BCUT2D eigenvalue weighted by Crippen LogP contribution is -2.45. The summed E-state index contributed by atoms with van der Waals surface area (Å²) in [6, 6.07) is 10.6. The highest BCUT2D eigenvalue weighted by Gasteiger charge is 2.64. The van der Waals surface area contributed by atoms with E-state index in [0.717, 1.165) is 12.0 Å². The van der Waals surface area contributed by atoms with Gasteiger partial charge in [-0.2, -0.15) is 0 Å². The molecule has 0 amide bonds. The van der Waals surface area contributed by atoms with Crippen molar-refractivity contribution in [1.29, 1.82) is 0 Å². The van der Waals surface area contributed by atoms with Crippen molar-refractivity contribution >= 4 is 25.0 Å². The lowest BCUT2D eigenvalue weighted by molar-refractivity contribution is -0.145. The van der Waals surface area contributed by atoms with E-state index in [1.165, 1.54) is 10.4 Å². The molecular formula is C27H34O5Si. The van der Waals surface area contributed by atoms with Crippen LogP contribution < -0.4 is 5.19 Å². The number of allylic oxidation sites excluding steroid dienone is 2. The number of hydrogen-bond acceptors (Lipinski definition) is 5. The monoisotopic (exact) mass is 466 g/mol. The summed E-state index contributed by atoms with van der Waals surface area (Å²) in [5.74, 6) is -1.45. The van der Waals surface area contributed by atoms with E-state index in [0.29, 0.717) is 19.4 Å². The molecule has 0 radical (unpaired) electrons. The highest BCUT2D eigenvalue weighted by atomic mass is 28.3. The van der Waals surface area contributed by atoms with Crippen LogP contribution in [0.4, 0.5) is 0 Å². The molecule has 1 aromatic rings.